The molecule has 0 bridgehead atoms. The smallest absolute Gasteiger partial charge is 0.124 e. The Morgan fingerprint density at radius 2 is 2.12 bits per heavy atom. The zero-order chi connectivity index (χ0) is 12.4. The number of hydrogen-bond donors (Lipinski definition) is 1. The molecule has 0 aromatic heterocycles. The third kappa shape index (κ3) is 2.76. The maximum absolute atomic E-state index is 6.04. The normalized spacial score (nSPS) is 22.3. The predicted octanol–water partition coefficient (Wildman–Crippen LogP) is 3.62. The van der Waals surface area contributed by atoms with Crippen LogP contribution in [0, 0.1) is 5.92 Å². The summed E-state index contributed by atoms with van der Waals surface area (Å²) in [5, 5.41) is 1.08. The summed E-state index contributed by atoms with van der Waals surface area (Å²) < 4.78 is 5.61. The molecule has 0 spiro atoms. The van der Waals surface area contributed by atoms with Crippen molar-refractivity contribution in [2.24, 2.45) is 11.7 Å². The van der Waals surface area contributed by atoms with Crippen LogP contribution < -0.4 is 10.5 Å². The highest BCUT2D eigenvalue weighted by molar-refractivity contribution is 6.42. The standard InChI is InChI=1S/C13H15Cl2NO/c1-2-3-17-13-6-12(15)11(14)5-10(13)9-4-8(9)7-16/h2,5-6,8-9H,1,3-4,7,16H2. The SMILES string of the molecule is C=CCOc1cc(Cl)c(Cl)cc1C1CC1CN. The zero-order valence-corrected chi connectivity index (χ0v) is 11.0. The van der Waals surface area contributed by atoms with Crippen molar-refractivity contribution in [2.75, 3.05) is 13.2 Å². The lowest BCUT2D eigenvalue weighted by Gasteiger charge is -2.11. The maximum atomic E-state index is 6.04. The van der Waals surface area contributed by atoms with Crippen LogP contribution in [0.1, 0.15) is 17.9 Å². The van der Waals surface area contributed by atoms with Gasteiger partial charge in [-0.05, 0) is 36.4 Å². The van der Waals surface area contributed by atoms with Gasteiger partial charge in [0.25, 0.3) is 0 Å². The minimum absolute atomic E-state index is 0.453. The molecule has 0 aliphatic heterocycles. The van der Waals surface area contributed by atoms with Gasteiger partial charge in [-0.15, -0.1) is 0 Å². The van der Waals surface area contributed by atoms with Crippen molar-refractivity contribution in [1.29, 1.82) is 0 Å². The Morgan fingerprint density at radius 3 is 2.71 bits per heavy atom. The Hall–Kier alpha value is -0.700. The molecule has 4 heteroatoms. The van der Waals surface area contributed by atoms with Crippen molar-refractivity contribution in [3.63, 3.8) is 0 Å². The molecule has 2 atom stereocenters. The molecule has 1 aliphatic carbocycles. The second-order valence-corrected chi connectivity index (χ2v) is 5.06. The van der Waals surface area contributed by atoms with Crippen LogP contribution in [0.5, 0.6) is 5.75 Å². The van der Waals surface area contributed by atoms with E-state index >= 15 is 0 Å². The molecule has 1 aliphatic rings. The van der Waals surface area contributed by atoms with E-state index in [-0.39, 0.29) is 0 Å². The van der Waals surface area contributed by atoms with Gasteiger partial charge in [0.2, 0.25) is 0 Å². The van der Waals surface area contributed by atoms with Crippen LogP contribution >= 0.6 is 23.2 Å². The number of benzene rings is 1. The van der Waals surface area contributed by atoms with Crippen molar-refractivity contribution in [3.05, 3.63) is 40.4 Å². The van der Waals surface area contributed by atoms with Crippen molar-refractivity contribution in [2.45, 2.75) is 12.3 Å². The van der Waals surface area contributed by atoms with Crippen molar-refractivity contribution < 1.29 is 4.74 Å². The van der Waals surface area contributed by atoms with E-state index < -0.39 is 0 Å². The molecule has 2 rings (SSSR count). The predicted molar refractivity (Wildman–Crippen MR) is 72.1 cm³/mol. The van der Waals surface area contributed by atoms with Gasteiger partial charge in [0.15, 0.2) is 0 Å². The largest absolute Gasteiger partial charge is 0.489 e. The van der Waals surface area contributed by atoms with Gasteiger partial charge in [0, 0.05) is 6.07 Å². The zero-order valence-electron chi connectivity index (χ0n) is 9.46. The van der Waals surface area contributed by atoms with E-state index in [0.717, 1.165) is 17.7 Å². The fourth-order valence-electron chi connectivity index (χ4n) is 2.00. The summed E-state index contributed by atoms with van der Waals surface area (Å²) in [7, 11) is 0. The van der Waals surface area contributed by atoms with E-state index in [2.05, 4.69) is 6.58 Å². The molecule has 92 valence electrons. The topological polar surface area (TPSA) is 35.2 Å². The first-order valence-electron chi connectivity index (χ1n) is 5.60. The molecule has 0 radical (unpaired) electrons. The van der Waals surface area contributed by atoms with E-state index in [9.17, 15) is 0 Å². The molecule has 1 saturated carbocycles. The average Bonchev–Trinajstić information content (AvgIpc) is 3.09. The minimum Gasteiger partial charge on any atom is -0.489 e. The molecule has 0 heterocycles. The quantitative estimate of drug-likeness (QED) is 0.831. The van der Waals surface area contributed by atoms with E-state index in [1.165, 1.54) is 0 Å². The van der Waals surface area contributed by atoms with Gasteiger partial charge >= 0.3 is 0 Å². The van der Waals surface area contributed by atoms with Crippen LogP contribution in [-0.2, 0) is 0 Å². The van der Waals surface area contributed by atoms with Gasteiger partial charge in [0.05, 0.1) is 10.0 Å². The molecule has 1 aromatic rings. The van der Waals surface area contributed by atoms with Gasteiger partial charge in [-0.25, -0.2) is 0 Å². The lowest BCUT2D eigenvalue weighted by Crippen LogP contribution is -2.03. The first-order valence-corrected chi connectivity index (χ1v) is 6.35. The highest BCUT2D eigenvalue weighted by Gasteiger charge is 2.39. The molecule has 2 unspecified atom stereocenters. The minimum atomic E-state index is 0.453. The third-order valence-corrected chi connectivity index (χ3v) is 3.76. The Balaban J connectivity index is 2.28. The van der Waals surface area contributed by atoms with Crippen LogP contribution in [0.25, 0.3) is 0 Å². The fourth-order valence-corrected chi connectivity index (χ4v) is 2.32. The number of halogens is 2. The molecule has 2 nitrogen and oxygen atoms in total. The monoisotopic (exact) mass is 271 g/mol. The first kappa shape index (κ1) is 12.7. The molecular weight excluding hydrogens is 257 g/mol. The number of rotatable bonds is 5. The lowest BCUT2D eigenvalue weighted by atomic mass is 10.1. The van der Waals surface area contributed by atoms with Crippen molar-refractivity contribution >= 4 is 23.2 Å². The molecule has 1 aromatic carbocycles. The number of hydrogen-bond acceptors (Lipinski definition) is 2. The van der Waals surface area contributed by atoms with E-state index in [4.69, 9.17) is 33.7 Å². The summed E-state index contributed by atoms with van der Waals surface area (Å²) in [4.78, 5) is 0. The Labute approximate surface area is 111 Å². The molecule has 2 N–H and O–H groups in total. The van der Waals surface area contributed by atoms with Crippen molar-refractivity contribution in [1.82, 2.24) is 0 Å². The summed E-state index contributed by atoms with van der Waals surface area (Å²) >= 11 is 12.0. The van der Waals surface area contributed by atoms with Crippen LogP contribution in [0.15, 0.2) is 24.8 Å². The van der Waals surface area contributed by atoms with Crippen molar-refractivity contribution in [3.8, 4) is 5.75 Å². The Kier molecular flexibility index (Phi) is 3.97. The number of nitrogens with two attached hydrogens (primary N) is 1. The maximum Gasteiger partial charge on any atom is 0.124 e. The second-order valence-electron chi connectivity index (χ2n) is 4.24. The number of ether oxygens (including phenoxy) is 1. The van der Waals surface area contributed by atoms with Crippen LogP contribution in [0.2, 0.25) is 10.0 Å². The lowest BCUT2D eigenvalue weighted by molar-refractivity contribution is 0.359. The third-order valence-electron chi connectivity index (χ3n) is 3.03. The summed E-state index contributed by atoms with van der Waals surface area (Å²) in [6.07, 6.45) is 2.80. The van der Waals surface area contributed by atoms with Gasteiger partial charge in [-0.1, -0.05) is 35.9 Å². The van der Waals surface area contributed by atoms with Gasteiger partial charge in [-0.3, -0.25) is 0 Å². The van der Waals surface area contributed by atoms with Crippen LogP contribution in [0.3, 0.4) is 0 Å². The van der Waals surface area contributed by atoms with Crippen LogP contribution in [-0.4, -0.2) is 13.2 Å². The van der Waals surface area contributed by atoms with Crippen LogP contribution in [0.4, 0.5) is 0 Å². The molecular formula is C13H15Cl2NO. The first-order chi connectivity index (χ1) is 8.17. The molecule has 0 saturated heterocycles. The van der Waals surface area contributed by atoms with E-state index in [1.54, 1.807) is 12.1 Å². The van der Waals surface area contributed by atoms with Gasteiger partial charge in [-0.2, -0.15) is 0 Å². The van der Waals surface area contributed by atoms with Gasteiger partial charge < -0.3 is 10.5 Å². The van der Waals surface area contributed by atoms with E-state index in [0.29, 0.717) is 35.0 Å². The summed E-state index contributed by atoms with van der Waals surface area (Å²) in [5.41, 5.74) is 6.77. The highest BCUT2D eigenvalue weighted by Crippen LogP contribution is 2.51. The Bertz CT molecular complexity index is 434. The van der Waals surface area contributed by atoms with E-state index in [1.807, 2.05) is 6.07 Å². The second kappa shape index (κ2) is 5.30. The summed E-state index contributed by atoms with van der Waals surface area (Å²) in [6.45, 7) is 4.80. The fraction of sp³-hybridized carbons (Fsp3) is 0.385. The highest BCUT2D eigenvalue weighted by atomic mass is 35.5. The molecule has 1 fully saturated rings. The Morgan fingerprint density at radius 1 is 1.41 bits per heavy atom. The summed E-state index contributed by atoms with van der Waals surface area (Å²) in [5.74, 6) is 1.79. The van der Waals surface area contributed by atoms with Gasteiger partial charge in [0.1, 0.15) is 12.4 Å². The molecule has 17 heavy (non-hydrogen) atoms. The molecule has 0 amide bonds. The summed E-state index contributed by atoms with van der Waals surface area (Å²) in [6, 6.07) is 3.66. The average molecular weight is 272 g/mol.